The Kier molecular flexibility index (Phi) is 3.72. The van der Waals surface area contributed by atoms with Crippen molar-refractivity contribution in [2.75, 3.05) is 31.1 Å². The van der Waals surface area contributed by atoms with Crippen LogP contribution in [0.4, 0.5) is 5.82 Å². The second-order valence-electron chi connectivity index (χ2n) is 6.16. The molecule has 5 heteroatoms. The molecule has 1 aliphatic heterocycles. The first-order valence-electron chi connectivity index (χ1n) is 8.07. The molecule has 1 saturated carbocycles. The number of aromatic nitrogens is 3. The Morgan fingerprint density at radius 1 is 1.00 bits per heavy atom. The summed E-state index contributed by atoms with van der Waals surface area (Å²) >= 11 is 0. The molecule has 2 aromatic heterocycles. The lowest BCUT2D eigenvalue weighted by molar-refractivity contribution is 0.246. The third-order valence-corrected chi connectivity index (χ3v) is 4.48. The van der Waals surface area contributed by atoms with Crippen LogP contribution < -0.4 is 4.90 Å². The molecule has 0 amide bonds. The molecule has 0 spiro atoms. The maximum Gasteiger partial charge on any atom is 0.132 e. The van der Waals surface area contributed by atoms with E-state index in [0.717, 1.165) is 44.2 Å². The minimum Gasteiger partial charge on any atom is -0.354 e. The molecule has 0 atom stereocenters. The molecule has 0 N–H and O–H groups in total. The van der Waals surface area contributed by atoms with Gasteiger partial charge in [-0.05, 0) is 25.0 Å². The van der Waals surface area contributed by atoms with E-state index in [2.05, 4.69) is 43.0 Å². The highest BCUT2D eigenvalue weighted by molar-refractivity contribution is 5.41. The fraction of sp³-hybridized carbons (Fsp3) is 0.471. The summed E-state index contributed by atoms with van der Waals surface area (Å²) in [4.78, 5) is 18.1. The van der Waals surface area contributed by atoms with E-state index in [0.29, 0.717) is 5.92 Å². The average Bonchev–Trinajstić information content (AvgIpc) is 3.42. The van der Waals surface area contributed by atoms with E-state index in [1.54, 1.807) is 6.33 Å². The normalized spacial score (nSPS) is 19.4. The average molecular weight is 295 g/mol. The van der Waals surface area contributed by atoms with Gasteiger partial charge in [-0.1, -0.05) is 6.07 Å². The summed E-state index contributed by atoms with van der Waals surface area (Å²) in [7, 11) is 0. The zero-order valence-electron chi connectivity index (χ0n) is 12.7. The van der Waals surface area contributed by atoms with Crippen molar-refractivity contribution in [3.63, 3.8) is 0 Å². The summed E-state index contributed by atoms with van der Waals surface area (Å²) in [5.41, 5.74) is 2.37. The Balaban J connectivity index is 1.36. The third-order valence-electron chi connectivity index (χ3n) is 4.48. The minimum atomic E-state index is 0.687. The molecule has 5 nitrogen and oxygen atoms in total. The fourth-order valence-corrected chi connectivity index (χ4v) is 2.99. The van der Waals surface area contributed by atoms with E-state index >= 15 is 0 Å². The number of hydrogen-bond donors (Lipinski definition) is 0. The van der Waals surface area contributed by atoms with Crippen molar-refractivity contribution in [3.05, 3.63) is 48.2 Å². The lowest BCUT2D eigenvalue weighted by atomic mass is 10.2. The van der Waals surface area contributed by atoms with Gasteiger partial charge in [0.25, 0.3) is 0 Å². The lowest BCUT2D eigenvalue weighted by Crippen LogP contribution is -2.46. The van der Waals surface area contributed by atoms with Crippen LogP contribution in [0.1, 0.15) is 30.1 Å². The van der Waals surface area contributed by atoms with Crippen LogP contribution in [0.15, 0.2) is 36.8 Å². The minimum absolute atomic E-state index is 0.687. The molecule has 114 valence electrons. The van der Waals surface area contributed by atoms with E-state index in [1.807, 2.05) is 12.3 Å². The van der Waals surface area contributed by atoms with Gasteiger partial charge in [0.2, 0.25) is 0 Å². The van der Waals surface area contributed by atoms with Gasteiger partial charge < -0.3 is 4.90 Å². The molecule has 0 radical (unpaired) electrons. The predicted molar refractivity (Wildman–Crippen MR) is 85.7 cm³/mol. The van der Waals surface area contributed by atoms with Crippen molar-refractivity contribution in [3.8, 4) is 0 Å². The van der Waals surface area contributed by atoms with E-state index in [-0.39, 0.29) is 0 Å². The van der Waals surface area contributed by atoms with Crippen LogP contribution in [-0.4, -0.2) is 46.0 Å². The van der Waals surface area contributed by atoms with Crippen molar-refractivity contribution in [2.24, 2.45) is 0 Å². The first-order valence-corrected chi connectivity index (χ1v) is 8.07. The van der Waals surface area contributed by atoms with E-state index in [9.17, 15) is 0 Å². The van der Waals surface area contributed by atoms with Crippen LogP contribution >= 0.6 is 0 Å². The van der Waals surface area contributed by atoms with Crippen molar-refractivity contribution >= 4 is 5.82 Å². The summed E-state index contributed by atoms with van der Waals surface area (Å²) in [6.07, 6.45) is 6.16. The third kappa shape index (κ3) is 3.09. The Morgan fingerprint density at radius 3 is 2.59 bits per heavy atom. The molecule has 0 aromatic carbocycles. The summed E-state index contributed by atoms with van der Waals surface area (Å²) in [6, 6.07) is 8.30. The van der Waals surface area contributed by atoms with E-state index in [4.69, 9.17) is 0 Å². The maximum atomic E-state index is 4.47. The first kappa shape index (κ1) is 13.6. The van der Waals surface area contributed by atoms with Gasteiger partial charge in [-0.25, -0.2) is 9.97 Å². The van der Waals surface area contributed by atoms with Gasteiger partial charge >= 0.3 is 0 Å². The molecule has 0 bridgehead atoms. The molecular formula is C17H21N5. The summed E-state index contributed by atoms with van der Waals surface area (Å²) < 4.78 is 0. The molecule has 22 heavy (non-hydrogen) atoms. The Bertz CT molecular complexity index is 618. The number of pyridine rings is 1. The van der Waals surface area contributed by atoms with Gasteiger partial charge in [-0.15, -0.1) is 0 Å². The van der Waals surface area contributed by atoms with Gasteiger partial charge in [0, 0.05) is 56.6 Å². The van der Waals surface area contributed by atoms with Crippen molar-refractivity contribution < 1.29 is 0 Å². The number of nitrogens with zero attached hydrogens (tertiary/aromatic N) is 5. The molecule has 2 aliphatic rings. The van der Waals surface area contributed by atoms with Crippen molar-refractivity contribution in [1.29, 1.82) is 0 Å². The monoisotopic (exact) mass is 295 g/mol. The number of hydrogen-bond acceptors (Lipinski definition) is 5. The topological polar surface area (TPSA) is 45.2 Å². The van der Waals surface area contributed by atoms with E-state index in [1.165, 1.54) is 18.5 Å². The van der Waals surface area contributed by atoms with Gasteiger partial charge in [-0.3, -0.25) is 9.88 Å². The van der Waals surface area contributed by atoms with Crippen LogP contribution in [0.3, 0.4) is 0 Å². The van der Waals surface area contributed by atoms with Gasteiger partial charge in [0.05, 0.1) is 5.69 Å². The number of anilines is 1. The van der Waals surface area contributed by atoms with Crippen molar-refractivity contribution in [2.45, 2.75) is 25.3 Å². The number of rotatable bonds is 4. The van der Waals surface area contributed by atoms with Crippen LogP contribution in [0.25, 0.3) is 0 Å². The highest BCUT2D eigenvalue weighted by atomic mass is 15.3. The predicted octanol–water partition coefficient (Wildman–Crippen LogP) is 2.07. The van der Waals surface area contributed by atoms with Gasteiger partial charge in [0.1, 0.15) is 12.1 Å². The largest absolute Gasteiger partial charge is 0.354 e. The summed E-state index contributed by atoms with van der Waals surface area (Å²) in [5.74, 6) is 1.78. The lowest BCUT2D eigenvalue weighted by Gasteiger charge is -2.35. The molecule has 3 heterocycles. The Morgan fingerprint density at radius 2 is 1.86 bits per heavy atom. The number of piperazine rings is 1. The zero-order valence-corrected chi connectivity index (χ0v) is 12.7. The van der Waals surface area contributed by atoms with Crippen LogP contribution in [0.2, 0.25) is 0 Å². The SMILES string of the molecule is c1ccc(CN2CCN(c3cc(C4CC4)ncn3)CC2)nc1. The fourth-order valence-electron chi connectivity index (χ4n) is 2.99. The smallest absolute Gasteiger partial charge is 0.132 e. The standard InChI is InChI=1S/C17H21N5/c1-2-6-18-15(3-1)12-21-7-9-22(10-8-21)17-11-16(14-4-5-14)19-13-20-17/h1-3,6,11,13-14H,4-5,7-10,12H2. The van der Waals surface area contributed by atoms with Crippen LogP contribution in [0, 0.1) is 0 Å². The maximum absolute atomic E-state index is 4.47. The Labute approximate surface area is 131 Å². The van der Waals surface area contributed by atoms with Gasteiger partial charge in [0.15, 0.2) is 0 Å². The second-order valence-corrected chi connectivity index (χ2v) is 6.16. The first-order chi connectivity index (χ1) is 10.9. The molecule has 1 aliphatic carbocycles. The summed E-state index contributed by atoms with van der Waals surface area (Å²) in [6.45, 7) is 5.09. The molecule has 1 saturated heterocycles. The molecule has 2 aromatic rings. The second kappa shape index (κ2) is 6.01. The van der Waals surface area contributed by atoms with Crippen LogP contribution in [-0.2, 0) is 6.54 Å². The zero-order chi connectivity index (χ0) is 14.8. The molecule has 2 fully saturated rings. The molecule has 0 unspecified atom stereocenters. The summed E-state index contributed by atoms with van der Waals surface area (Å²) in [5, 5.41) is 0. The quantitative estimate of drug-likeness (QED) is 0.864. The molecule has 4 rings (SSSR count). The van der Waals surface area contributed by atoms with Gasteiger partial charge in [-0.2, -0.15) is 0 Å². The van der Waals surface area contributed by atoms with Crippen molar-refractivity contribution in [1.82, 2.24) is 19.9 Å². The molecular weight excluding hydrogens is 274 g/mol. The van der Waals surface area contributed by atoms with E-state index < -0.39 is 0 Å². The highest BCUT2D eigenvalue weighted by Gasteiger charge is 2.26. The highest BCUT2D eigenvalue weighted by Crippen LogP contribution is 2.39. The Hall–Kier alpha value is -2.01. The van der Waals surface area contributed by atoms with Crippen LogP contribution in [0.5, 0.6) is 0 Å².